The van der Waals surface area contributed by atoms with E-state index in [2.05, 4.69) is 0 Å². The minimum absolute atomic E-state index is 0.0145. The molecule has 0 N–H and O–H groups in total. The van der Waals surface area contributed by atoms with Crippen molar-refractivity contribution in [2.45, 2.75) is 39.5 Å². The number of rotatable bonds is 6. The Labute approximate surface area is 209 Å². The third-order valence-electron chi connectivity index (χ3n) is 4.84. The Morgan fingerprint density at radius 1 is 1.03 bits per heavy atom. The first-order chi connectivity index (χ1) is 16.8. The SMILES string of the molecule is CN(Cc1cc(F)c(-n2ccc(OCc3ccc(F)cc3F)c(Cl)c2=O)c(F)c1)C(=O)OC(C)(C)C. The minimum atomic E-state index is -1.07. The van der Waals surface area contributed by atoms with Gasteiger partial charge in [0.05, 0.1) is 0 Å². The highest BCUT2D eigenvalue weighted by Crippen LogP contribution is 2.25. The van der Waals surface area contributed by atoms with Crippen LogP contribution in [0.2, 0.25) is 5.02 Å². The van der Waals surface area contributed by atoms with E-state index in [1.165, 1.54) is 19.2 Å². The average Bonchev–Trinajstić information content (AvgIpc) is 2.75. The zero-order valence-electron chi connectivity index (χ0n) is 19.9. The summed E-state index contributed by atoms with van der Waals surface area (Å²) in [6, 6.07) is 6.06. The monoisotopic (exact) mass is 526 g/mol. The summed E-state index contributed by atoms with van der Waals surface area (Å²) in [5.41, 5.74) is -2.26. The highest BCUT2D eigenvalue weighted by atomic mass is 35.5. The lowest BCUT2D eigenvalue weighted by atomic mass is 10.1. The lowest BCUT2D eigenvalue weighted by molar-refractivity contribution is 0.0284. The molecule has 0 aliphatic carbocycles. The Bertz CT molecular complexity index is 1330. The minimum Gasteiger partial charge on any atom is -0.487 e. The van der Waals surface area contributed by atoms with Gasteiger partial charge in [0, 0.05) is 31.4 Å². The van der Waals surface area contributed by atoms with Crippen LogP contribution in [0.1, 0.15) is 31.9 Å². The van der Waals surface area contributed by atoms with Gasteiger partial charge >= 0.3 is 6.09 Å². The maximum Gasteiger partial charge on any atom is 0.410 e. The molecule has 11 heteroatoms. The number of pyridine rings is 1. The third kappa shape index (κ3) is 6.37. The lowest BCUT2D eigenvalue weighted by Crippen LogP contribution is -2.33. The molecule has 0 saturated heterocycles. The van der Waals surface area contributed by atoms with E-state index in [0.717, 1.165) is 29.3 Å². The quantitative estimate of drug-likeness (QED) is 0.370. The first kappa shape index (κ1) is 27.1. The van der Waals surface area contributed by atoms with E-state index >= 15 is 0 Å². The van der Waals surface area contributed by atoms with E-state index in [0.29, 0.717) is 10.6 Å². The lowest BCUT2D eigenvalue weighted by Gasteiger charge is -2.24. The van der Waals surface area contributed by atoms with Crippen molar-refractivity contribution in [3.8, 4) is 11.4 Å². The third-order valence-corrected chi connectivity index (χ3v) is 5.19. The molecular weight excluding hydrogens is 504 g/mol. The van der Waals surface area contributed by atoms with Crippen LogP contribution in [0.3, 0.4) is 0 Å². The molecule has 0 spiro atoms. The standard InChI is InChI=1S/C25H23ClF4N2O4/c1-25(2,3)36-24(34)31(4)12-14-9-18(29)22(19(30)10-14)32-8-7-20(21(26)23(32)33)35-13-15-5-6-16(27)11-17(15)28/h5-11H,12-13H2,1-4H3. The van der Waals surface area contributed by atoms with Crippen LogP contribution in [0.4, 0.5) is 22.4 Å². The molecular formula is C25H23ClF4N2O4. The number of nitrogens with zero attached hydrogens (tertiary/aromatic N) is 2. The van der Waals surface area contributed by atoms with Crippen molar-refractivity contribution in [1.82, 2.24) is 9.47 Å². The molecule has 0 radical (unpaired) electrons. The molecule has 0 unspecified atom stereocenters. The Kier molecular flexibility index (Phi) is 7.98. The van der Waals surface area contributed by atoms with E-state index < -0.39 is 51.2 Å². The number of aromatic nitrogens is 1. The number of carbonyl (C=O) groups is 1. The molecule has 0 bridgehead atoms. The van der Waals surface area contributed by atoms with Gasteiger partial charge in [-0.3, -0.25) is 9.36 Å². The van der Waals surface area contributed by atoms with Gasteiger partial charge in [-0.1, -0.05) is 11.6 Å². The van der Waals surface area contributed by atoms with Gasteiger partial charge in [0.25, 0.3) is 5.56 Å². The van der Waals surface area contributed by atoms with Crippen LogP contribution in [0.5, 0.6) is 5.75 Å². The molecule has 192 valence electrons. The fraction of sp³-hybridized carbons (Fsp3) is 0.280. The van der Waals surface area contributed by atoms with Crippen LogP contribution in [0.15, 0.2) is 47.4 Å². The second-order valence-electron chi connectivity index (χ2n) is 8.94. The van der Waals surface area contributed by atoms with Crippen LogP contribution in [0, 0.1) is 23.3 Å². The van der Waals surface area contributed by atoms with Crippen molar-refractivity contribution in [3.63, 3.8) is 0 Å². The molecule has 0 atom stereocenters. The summed E-state index contributed by atoms with van der Waals surface area (Å²) in [5.74, 6) is -3.90. The number of hydrogen-bond donors (Lipinski definition) is 0. The van der Waals surface area contributed by atoms with Crippen molar-refractivity contribution in [1.29, 1.82) is 0 Å². The molecule has 3 rings (SSSR count). The zero-order valence-corrected chi connectivity index (χ0v) is 20.6. The number of ether oxygens (including phenoxy) is 2. The van der Waals surface area contributed by atoms with Crippen molar-refractivity contribution in [2.24, 2.45) is 0 Å². The molecule has 0 aliphatic heterocycles. The van der Waals surface area contributed by atoms with Crippen molar-refractivity contribution < 1.29 is 31.8 Å². The highest BCUT2D eigenvalue weighted by molar-refractivity contribution is 6.31. The van der Waals surface area contributed by atoms with Crippen molar-refractivity contribution in [3.05, 3.63) is 92.4 Å². The van der Waals surface area contributed by atoms with Crippen LogP contribution >= 0.6 is 11.6 Å². The van der Waals surface area contributed by atoms with Gasteiger partial charge in [-0.05, 0) is 56.7 Å². The van der Waals surface area contributed by atoms with Gasteiger partial charge in [-0.2, -0.15) is 0 Å². The molecule has 2 aromatic carbocycles. The van der Waals surface area contributed by atoms with Gasteiger partial charge in [-0.15, -0.1) is 0 Å². The molecule has 36 heavy (non-hydrogen) atoms. The van der Waals surface area contributed by atoms with Crippen molar-refractivity contribution >= 4 is 17.7 Å². The van der Waals surface area contributed by atoms with Gasteiger partial charge in [-0.25, -0.2) is 22.4 Å². The number of hydrogen-bond acceptors (Lipinski definition) is 4. The Morgan fingerprint density at radius 3 is 2.25 bits per heavy atom. The van der Waals surface area contributed by atoms with E-state index in [9.17, 15) is 27.2 Å². The fourth-order valence-corrected chi connectivity index (χ4v) is 3.40. The van der Waals surface area contributed by atoms with E-state index in [1.807, 2.05) is 0 Å². The fourth-order valence-electron chi connectivity index (χ4n) is 3.19. The molecule has 3 aromatic rings. The summed E-state index contributed by atoms with van der Waals surface area (Å²) in [7, 11) is 1.42. The molecule has 0 fully saturated rings. The molecule has 1 heterocycles. The normalized spacial score (nSPS) is 11.4. The van der Waals surface area contributed by atoms with E-state index in [-0.39, 0.29) is 30.0 Å². The predicted octanol–water partition coefficient (Wildman–Crippen LogP) is 5.99. The maximum absolute atomic E-state index is 14.9. The average molecular weight is 527 g/mol. The molecule has 0 saturated carbocycles. The number of halogens is 5. The zero-order chi connectivity index (χ0) is 26.8. The summed E-state index contributed by atoms with van der Waals surface area (Å²) >= 11 is 6.06. The highest BCUT2D eigenvalue weighted by Gasteiger charge is 2.22. The van der Waals surface area contributed by atoms with Gasteiger partial charge in [0.15, 0.2) is 11.6 Å². The topological polar surface area (TPSA) is 60.8 Å². The predicted molar refractivity (Wildman–Crippen MR) is 125 cm³/mol. The van der Waals surface area contributed by atoms with Gasteiger partial charge < -0.3 is 14.4 Å². The summed E-state index contributed by atoms with van der Waals surface area (Å²) in [4.78, 5) is 26.0. The number of carbonyl (C=O) groups excluding carboxylic acids is 1. The van der Waals surface area contributed by atoms with Gasteiger partial charge in [0.2, 0.25) is 0 Å². The van der Waals surface area contributed by atoms with E-state index in [1.54, 1.807) is 20.8 Å². The number of amides is 1. The maximum atomic E-state index is 14.9. The number of benzene rings is 2. The van der Waals surface area contributed by atoms with Crippen LogP contribution < -0.4 is 10.3 Å². The second-order valence-corrected chi connectivity index (χ2v) is 9.32. The van der Waals surface area contributed by atoms with Crippen LogP contribution in [-0.4, -0.2) is 28.2 Å². The Hall–Kier alpha value is -3.53. The smallest absolute Gasteiger partial charge is 0.410 e. The van der Waals surface area contributed by atoms with Crippen LogP contribution in [-0.2, 0) is 17.9 Å². The molecule has 6 nitrogen and oxygen atoms in total. The van der Waals surface area contributed by atoms with Gasteiger partial charge in [0.1, 0.15) is 40.3 Å². The second kappa shape index (κ2) is 10.6. The molecule has 1 amide bonds. The molecule has 0 aliphatic rings. The van der Waals surface area contributed by atoms with Crippen LogP contribution in [0.25, 0.3) is 5.69 Å². The molecule has 1 aromatic heterocycles. The van der Waals surface area contributed by atoms with Crippen molar-refractivity contribution in [2.75, 3.05) is 7.05 Å². The largest absolute Gasteiger partial charge is 0.487 e. The summed E-state index contributed by atoms with van der Waals surface area (Å²) in [6.45, 7) is 4.55. The first-order valence-electron chi connectivity index (χ1n) is 10.7. The van der Waals surface area contributed by atoms with E-state index in [4.69, 9.17) is 21.1 Å². The first-order valence-corrected chi connectivity index (χ1v) is 11.0. The summed E-state index contributed by atoms with van der Waals surface area (Å²) < 4.78 is 67.9. The summed E-state index contributed by atoms with van der Waals surface area (Å²) in [5, 5.41) is -0.493. The Balaban J connectivity index is 1.83. The Morgan fingerprint density at radius 2 is 1.67 bits per heavy atom. The summed E-state index contributed by atoms with van der Waals surface area (Å²) in [6.07, 6.45) is 0.380.